The topological polar surface area (TPSA) is 6.48 Å². The van der Waals surface area contributed by atoms with Gasteiger partial charge in [-0.2, -0.15) is 0 Å². The number of nitrogens with zero attached hydrogens (tertiary/aromatic N) is 2. The molecule has 0 saturated carbocycles. The molecule has 0 unspecified atom stereocenters. The van der Waals surface area contributed by atoms with Crippen LogP contribution in [0.15, 0.2) is 89.8 Å². The lowest BCUT2D eigenvalue weighted by Gasteiger charge is -2.22. The minimum absolute atomic E-state index is 0.915. The molecule has 2 nitrogen and oxygen atoms in total. The van der Waals surface area contributed by atoms with Gasteiger partial charge in [-0.25, -0.2) is 4.31 Å². The minimum atomic E-state index is 0.915. The van der Waals surface area contributed by atoms with Gasteiger partial charge in [0.15, 0.2) is 0 Å². The van der Waals surface area contributed by atoms with Gasteiger partial charge in [-0.05, 0) is 54.9 Å². The van der Waals surface area contributed by atoms with Crippen LogP contribution in [0, 0.1) is 0 Å². The average Bonchev–Trinajstić information content (AvgIpc) is 2.63. The monoisotopic (exact) mass is 362 g/mol. The molecule has 0 spiro atoms. The summed E-state index contributed by atoms with van der Waals surface area (Å²) >= 11 is 1.83. The summed E-state index contributed by atoms with van der Waals surface area (Å²) in [6, 6.07) is 30.2. The smallest absolute Gasteiger partial charge is 0.0347 e. The van der Waals surface area contributed by atoms with Crippen LogP contribution in [0.1, 0.15) is 16.7 Å². The zero-order valence-electron chi connectivity index (χ0n) is 15.5. The fraction of sp³-hybridized carbons (Fsp3) is 0.217. The summed E-state index contributed by atoms with van der Waals surface area (Å²) in [5.74, 6) is 0. The number of hydrogen-bond donors (Lipinski definition) is 0. The van der Waals surface area contributed by atoms with Gasteiger partial charge < -0.3 is 4.90 Å². The first-order valence-corrected chi connectivity index (χ1v) is 9.71. The van der Waals surface area contributed by atoms with E-state index in [0.29, 0.717) is 0 Å². The van der Waals surface area contributed by atoms with Crippen molar-refractivity contribution in [3.63, 3.8) is 0 Å². The molecular formula is C23H26N2S. The van der Waals surface area contributed by atoms with Crippen LogP contribution >= 0.6 is 11.9 Å². The van der Waals surface area contributed by atoms with E-state index in [1.54, 1.807) is 0 Å². The number of hydrogen-bond acceptors (Lipinski definition) is 3. The van der Waals surface area contributed by atoms with Crippen LogP contribution in [0.4, 0.5) is 0 Å². The van der Waals surface area contributed by atoms with Crippen molar-refractivity contribution in [1.82, 2.24) is 9.21 Å². The van der Waals surface area contributed by atoms with E-state index in [0.717, 1.165) is 19.6 Å². The quantitative estimate of drug-likeness (QED) is 0.492. The van der Waals surface area contributed by atoms with Crippen molar-refractivity contribution in [2.45, 2.75) is 24.5 Å². The molecule has 0 N–H and O–H groups in total. The lowest BCUT2D eigenvalue weighted by Crippen LogP contribution is -2.15. The SMILES string of the molecule is CN(C)Cc1cccc(SN(Cc2ccccc2)Cc2ccccc2)c1. The average molecular weight is 363 g/mol. The van der Waals surface area contributed by atoms with E-state index in [9.17, 15) is 0 Å². The Bertz CT molecular complexity index is 746. The first-order valence-electron chi connectivity index (χ1n) is 8.93. The molecule has 0 aliphatic heterocycles. The molecule has 0 radical (unpaired) electrons. The molecular weight excluding hydrogens is 336 g/mol. The predicted molar refractivity (Wildman–Crippen MR) is 112 cm³/mol. The van der Waals surface area contributed by atoms with Crippen molar-refractivity contribution in [2.75, 3.05) is 14.1 Å². The lowest BCUT2D eigenvalue weighted by atomic mass is 10.2. The van der Waals surface area contributed by atoms with Gasteiger partial charge in [0, 0.05) is 24.5 Å². The Morgan fingerprint density at radius 3 is 1.69 bits per heavy atom. The highest BCUT2D eigenvalue weighted by molar-refractivity contribution is 7.97. The van der Waals surface area contributed by atoms with Crippen molar-refractivity contribution in [1.29, 1.82) is 0 Å². The van der Waals surface area contributed by atoms with Crippen LogP contribution in [0.2, 0.25) is 0 Å². The zero-order valence-corrected chi connectivity index (χ0v) is 16.3. The molecule has 134 valence electrons. The summed E-state index contributed by atoms with van der Waals surface area (Å²) in [6.45, 7) is 2.79. The van der Waals surface area contributed by atoms with E-state index in [1.165, 1.54) is 21.6 Å². The first kappa shape index (κ1) is 18.7. The third-order valence-electron chi connectivity index (χ3n) is 4.04. The molecule has 26 heavy (non-hydrogen) atoms. The van der Waals surface area contributed by atoms with Crippen LogP contribution in [-0.4, -0.2) is 23.3 Å². The summed E-state index contributed by atoms with van der Waals surface area (Å²) in [5.41, 5.74) is 4.01. The minimum Gasteiger partial charge on any atom is -0.305 e. The molecule has 0 saturated heterocycles. The van der Waals surface area contributed by atoms with Crippen molar-refractivity contribution >= 4 is 11.9 Å². The second-order valence-corrected chi connectivity index (χ2v) is 7.92. The normalized spacial score (nSPS) is 11.2. The van der Waals surface area contributed by atoms with E-state index in [-0.39, 0.29) is 0 Å². The Balaban J connectivity index is 1.76. The molecule has 0 amide bonds. The van der Waals surface area contributed by atoms with Gasteiger partial charge in [-0.1, -0.05) is 72.8 Å². The highest BCUT2D eigenvalue weighted by Gasteiger charge is 2.10. The molecule has 0 bridgehead atoms. The third-order valence-corrected chi connectivity index (χ3v) is 5.02. The van der Waals surface area contributed by atoms with E-state index in [2.05, 4.69) is 108 Å². The van der Waals surface area contributed by atoms with Crippen molar-refractivity contribution < 1.29 is 0 Å². The Labute approximate surface area is 161 Å². The highest BCUT2D eigenvalue weighted by Crippen LogP contribution is 2.27. The molecule has 0 aliphatic carbocycles. The maximum Gasteiger partial charge on any atom is 0.0347 e. The van der Waals surface area contributed by atoms with Crippen LogP contribution in [0.3, 0.4) is 0 Å². The van der Waals surface area contributed by atoms with Gasteiger partial charge >= 0.3 is 0 Å². The molecule has 3 heteroatoms. The van der Waals surface area contributed by atoms with Gasteiger partial charge in [0.2, 0.25) is 0 Å². The van der Waals surface area contributed by atoms with Crippen LogP contribution in [-0.2, 0) is 19.6 Å². The third kappa shape index (κ3) is 6.03. The molecule has 3 aromatic rings. The van der Waals surface area contributed by atoms with Crippen molar-refractivity contribution in [3.8, 4) is 0 Å². The summed E-state index contributed by atoms with van der Waals surface area (Å²) in [5, 5.41) is 0. The largest absolute Gasteiger partial charge is 0.305 e. The predicted octanol–water partition coefficient (Wildman–Crippen LogP) is 5.46. The lowest BCUT2D eigenvalue weighted by molar-refractivity contribution is 0.402. The molecule has 0 fully saturated rings. The second kappa shape index (κ2) is 9.58. The highest BCUT2D eigenvalue weighted by atomic mass is 32.2. The van der Waals surface area contributed by atoms with Gasteiger partial charge in [0.25, 0.3) is 0 Å². The fourth-order valence-electron chi connectivity index (χ4n) is 2.91. The maximum absolute atomic E-state index is 2.43. The Morgan fingerprint density at radius 1 is 0.615 bits per heavy atom. The number of benzene rings is 3. The van der Waals surface area contributed by atoms with Crippen LogP contribution in [0.25, 0.3) is 0 Å². The molecule has 3 aromatic carbocycles. The standard InChI is InChI=1S/C23H26N2S/c1-24(2)17-22-14-9-15-23(16-22)26-25(18-20-10-5-3-6-11-20)19-21-12-7-4-8-13-21/h3-16H,17-19H2,1-2H3. The van der Waals surface area contributed by atoms with E-state index >= 15 is 0 Å². The fourth-order valence-corrected chi connectivity index (χ4v) is 3.98. The molecule has 0 heterocycles. The van der Waals surface area contributed by atoms with E-state index in [4.69, 9.17) is 0 Å². The molecule has 0 aliphatic rings. The van der Waals surface area contributed by atoms with Crippen LogP contribution < -0.4 is 0 Å². The number of rotatable bonds is 8. The zero-order chi connectivity index (χ0) is 18.2. The summed E-state index contributed by atoms with van der Waals surface area (Å²) in [7, 11) is 4.22. The summed E-state index contributed by atoms with van der Waals surface area (Å²) < 4.78 is 2.43. The van der Waals surface area contributed by atoms with Gasteiger partial charge in [-0.3, -0.25) is 0 Å². The Morgan fingerprint density at radius 2 is 1.15 bits per heavy atom. The first-order chi connectivity index (χ1) is 12.7. The van der Waals surface area contributed by atoms with Gasteiger partial charge in [0.1, 0.15) is 0 Å². The van der Waals surface area contributed by atoms with E-state index < -0.39 is 0 Å². The maximum atomic E-state index is 2.43. The van der Waals surface area contributed by atoms with Crippen molar-refractivity contribution in [3.05, 3.63) is 102 Å². The summed E-state index contributed by atoms with van der Waals surface area (Å²) in [6.07, 6.45) is 0. The Kier molecular flexibility index (Phi) is 6.89. The van der Waals surface area contributed by atoms with E-state index in [1.807, 2.05) is 11.9 Å². The molecule has 3 rings (SSSR count). The Hall–Kier alpha value is -2.07. The molecule has 0 atom stereocenters. The van der Waals surface area contributed by atoms with Gasteiger partial charge in [-0.15, -0.1) is 0 Å². The summed E-state index contributed by atoms with van der Waals surface area (Å²) in [4.78, 5) is 3.49. The molecule has 0 aromatic heterocycles. The van der Waals surface area contributed by atoms with Gasteiger partial charge in [0.05, 0.1) is 0 Å². The van der Waals surface area contributed by atoms with Crippen LogP contribution in [0.5, 0.6) is 0 Å². The second-order valence-electron chi connectivity index (χ2n) is 6.75. The van der Waals surface area contributed by atoms with Crippen molar-refractivity contribution in [2.24, 2.45) is 0 Å².